The van der Waals surface area contributed by atoms with E-state index in [1.54, 1.807) is 30.3 Å². The summed E-state index contributed by atoms with van der Waals surface area (Å²) in [5, 5.41) is 28.2. The SMILES string of the molecule is O=C(NC(Cc1cc(=O)[nH]c2ccccc12)C(=O)OCCN1CCOCC1)c1ccc(Cl)cc1.O=C(O)CC(O)C(=O)O. The number of carboxylic acid groups (broad SMARTS) is 2. The van der Waals surface area contributed by atoms with Crippen LogP contribution in [0.1, 0.15) is 22.3 Å². The molecule has 2 heterocycles. The Morgan fingerprint density at radius 3 is 2.35 bits per heavy atom. The van der Waals surface area contributed by atoms with Crippen molar-refractivity contribution in [2.75, 3.05) is 39.5 Å². The third-order valence-corrected chi connectivity index (χ3v) is 6.62. The van der Waals surface area contributed by atoms with E-state index in [4.69, 9.17) is 36.4 Å². The number of carbonyl (C=O) groups excluding carboxylic acids is 2. The van der Waals surface area contributed by atoms with Crippen molar-refractivity contribution in [3.8, 4) is 0 Å². The van der Waals surface area contributed by atoms with Gasteiger partial charge in [-0.2, -0.15) is 0 Å². The maximum atomic E-state index is 13.0. The number of hydrogen-bond donors (Lipinski definition) is 5. The smallest absolute Gasteiger partial charge is 0.333 e. The zero-order chi connectivity index (χ0) is 31.4. The fourth-order valence-electron chi connectivity index (χ4n) is 4.16. The van der Waals surface area contributed by atoms with Crippen LogP contribution in [-0.2, 0) is 30.3 Å². The first-order valence-electron chi connectivity index (χ1n) is 13.3. The molecule has 2 unspecified atom stereocenters. The number of halogens is 1. The van der Waals surface area contributed by atoms with Gasteiger partial charge in [-0.25, -0.2) is 9.59 Å². The molecule has 3 aromatic rings. The number of ether oxygens (including phenoxy) is 2. The molecule has 4 rings (SSSR count). The maximum absolute atomic E-state index is 13.0. The largest absolute Gasteiger partial charge is 0.481 e. The van der Waals surface area contributed by atoms with Crippen LogP contribution in [0, 0.1) is 0 Å². The number of morpholine rings is 1. The number of aliphatic carboxylic acids is 2. The van der Waals surface area contributed by atoms with Crippen LogP contribution in [0.5, 0.6) is 0 Å². The topological polar surface area (TPSA) is 196 Å². The summed E-state index contributed by atoms with van der Waals surface area (Å²) < 4.78 is 10.9. The minimum atomic E-state index is -1.79. The van der Waals surface area contributed by atoms with Crippen LogP contribution in [-0.4, -0.2) is 101 Å². The van der Waals surface area contributed by atoms with E-state index < -0.39 is 42.4 Å². The lowest BCUT2D eigenvalue weighted by Gasteiger charge is -2.26. The summed E-state index contributed by atoms with van der Waals surface area (Å²) >= 11 is 5.92. The van der Waals surface area contributed by atoms with E-state index in [0.717, 1.165) is 18.5 Å². The molecule has 0 radical (unpaired) electrons. The second-order valence-electron chi connectivity index (χ2n) is 9.51. The van der Waals surface area contributed by atoms with Gasteiger partial charge in [-0.1, -0.05) is 29.8 Å². The number of nitrogens with one attached hydrogen (secondary N) is 2. The summed E-state index contributed by atoms with van der Waals surface area (Å²) in [6.07, 6.45) is -2.43. The average Bonchev–Trinajstić information content (AvgIpc) is 2.97. The number of benzene rings is 2. The number of H-pyrrole nitrogens is 1. The lowest BCUT2D eigenvalue weighted by molar-refractivity contribution is -0.152. The van der Waals surface area contributed by atoms with Crippen molar-refractivity contribution in [2.45, 2.75) is 25.0 Å². The van der Waals surface area contributed by atoms with Gasteiger partial charge in [0.05, 0.1) is 19.6 Å². The average molecular weight is 618 g/mol. The number of carboxylic acids is 2. The number of aliphatic hydroxyl groups is 1. The predicted octanol–water partition coefficient (Wildman–Crippen LogP) is 1.30. The Morgan fingerprint density at radius 1 is 1.05 bits per heavy atom. The quantitative estimate of drug-likeness (QED) is 0.195. The Labute approximate surface area is 251 Å². The first-order chi connectivity index (χ1) is 20.5. The minimum Gasteiger partial charge on any atom is -0.481 e. The Hall–Kier alpha value is -4.30. The molecule has 1 aromatic heterocycles. The van der Waals surface area contributed by atoms with Crippen LogP contribution in [0.2, 0.25) is 5.02 Å². The van der Waals surface area contributed by atoms with E-state index in [-0.39, 0.29) is 18.6 Å². The molecule has 0 bridgehead atoms. The zero-order valence-electron chi connectivity index (χ0n) is 23.0. The fraction of sp³-hybridized carbons (Fsp3) is 0.345. The van der Waals surface area contributed by atoms with Gasteiger partial charge in [0.2, 0.25) is 5.56 Å². The van der Waals surface area contributed by atoms with E-state index in [2.05, 4.69) is 15.2 Å². The number of nitrogens with zero attached hydrogens (tertiary/aromatic N) is 1. The number of pyridine rings is 1. The second-order valence-corrected chi connectivity index (χ2v) is 9.95. The van der Waals surface area contributed by atoms with Crippen molar-refractivity contribution in [2.24, 2.45) is 0 Å². The summed E-state index contributed by atoms with van der Waals surface area (Å²) in [6, 6.07) is 14.2. The molecule has 0 saturated carbocycles. The molecule has 2 atom stereocenters. The zero-order valence-corrected chi connectivity index (χ0v) is 23.8. The van der Waals surface area contributed by atoms with Crippen molar-refractivity contribution in [3.63, 3.8) is 0 Å². The maximum Gasteiger partial charge on any atom is 0.333 e. The number of amides is 1. The molecule has 1 aliphatic rings. The van der Waals surface area contributed by atoms with Crippen molar-refractivity contribution in [1.82, 2.24) is 15.2 Å². The summed E-state index contributed by atoms with van der Waals surface area (Å²) in [4.78, 5) is 62.5. The molecule has 0 spiro atoms. The molecule has 230 valence electrons. The number of para-hydroxylation sites is 1. The van der Waals surface area contributed by atoms with Gasteiger partial charge in [-0.05, 0) is 35.9 Å². The number of aromatic amines is 1. The summed E-state index contributed by atoms with van der Waals surface area (Å²) in [5.41, 5.74) is 1.39. The molecule has 1 fully saturated rings. The van der Waals surface area contributed by atoms with E-state index in [0.29, 0.717) is 41.4 Å². The second kappa shape index (κ2) is 16.4. The lowest BCUT2D eigenvalue weighted by atomic mass is 10.0. The molecular weight excluding hydrogens is 586 g/mol. The number of aliphatic hydroxyl groups excluding tert-OH is 1. The van der Waals surface area contributed by atoms with Crippen LogP contribution >= 0.6 is 11.6 Å². The molecule has 43 heavy (non-hydrogen) atoms. The number of esters is 1. The number of fused-ring (bicyclic) bond motifs is 1. The highest BCUT2D eigenvalue weighted by molar-refractivity contribution is 6.30. The lowest BCUT2D eigenvalue weighted by Crippen LogP contribution is -2.44. The molecule has 1 saturated heterocycles. The first kappa shape index (κ1) is 33.2. The standard InChI is InChI=1S/C25H26ClN3O5.C4H6O5/c26-19-7-5-17(6-8-19)24(31)28-22(25(32)34-14-11-29-9-12-33-13-10-29)15-18-16-23(30)27-21-4-2-1-3-20(18)21;5-2(4(8)9)1-3(6)7/h1-8,16,22H,9-15H2,(H,27,30)(H,28,31);2,5H,1H2,(H,6,7)(H,8,9). The highest BCUT2D eigenvalue weighted by atomic mass is 35.5. The summed E-state index contributed by atoms with van der Waals surface area (Å²) in [7, 11) is 0. The molecule has 13 nitrogen and oxygen atoms in total. The number of rotatable bonds is 11. The van der Waals surface area contributed by atoms with Crippen LogP contribution in [0.4, 0.5) is 0 Å². The minimum absolute atomic E-state index is 0.111. The van der Waals surface area contributed by atoms with Gasteiger partial charge in [0.25, 0.3) is 5.91 Å². The summed E-state index contributed by atoms with van der Waals surface area (Å²) in [5.74, 6) is -3.83. The van der Waals surface area contributed by atoms with Gasteiger partial charge < -0.3 is 35.1 Å². The Bertz CT molecular complexity index is 1470. The third-order valence-electron chi connectivity index (χ3n) is 6.37. The summed E-state index contributed by atoms with van der Waals surface area (Å²) in [6.45, 7) is 3.66. The molecular formula is C29H32ClN3O10. The van der Waals surface area contributed by atoms with Gasteiger partial charge in [0.15, 0.2) is 6.10 Å². The molecule has 0 aliphatic carbocycles. The van der Waals surface area contributed by atoms with Crippen molar-refractivity contribution < 1.29 is 44.0 Å². The van der Waals surface area contributed by atoms with Crippen molar-refractivity contribution in [3.05, 3.63) is 81.1 Å². The van der Waals surface area contributed by atoms with Gasteiger partial charge in [-0.3, -0.25) is 19.3 Å². The molecule has 14 heteroatoms. The van der Waals surface area contributed by atoms with Gasteiger partial charge in [-0.15, -0.1) is 0 Å². The molecule has 1 aliphatic heterocycles. The number of aromatic nitrogens is 1. The highest BCUT2D eigenvalue weighted by Crippen LogP contribution is 2.17. The van der Waals surface area contributed by atoms with Crippen LogP contribution in [0.3, 0.4) is 0 Å². The first-order valence-corrected chi connectivity index (χ1v) is 13.7. The van der Waals surface area contributed by atoms with Gasteiger partial charge in [0.1, 0.15) is 12.6 Å². The van der Waals surface area contributed by atoms with E-state index in [1.807, 2.05) is 18.2 Å². The Morgan fingerprint density at radius 2 is 1.72 bits per heavy atom. The highest BCUT2D eigenvalue weighted by Gasteiger charge is 2.25. The Balaban J connectivity index is 0.000000489. The molecule has 1 amide bonds. The van der Waals surface area contributed by atoms with Gasteiger partial charge in [0, 0.05) is 53.6 Å². The van der Waals surface area contributed by atoms with Crippen LogP contribution < -0.4 is 10.9 Å². The third kappa shape index (κ3) is 10.8. The van der Waals surface area contributed by atoms with Crippen LogP contribution in [0.15, 0.2) is 59.4 Å². The van der Waals surface area contributed by atoms with Crippen molar-refractivity contribution >= 4 is 46.3 Å². The van der Waals surface area contributed by atoms with Gasteiger partial charge >= 0.3 is 17.9 Å². The van der Waals surface area contributed by atoms with E-state index >= 15 is 0 Å². The van der Waals surface area contributed by atoms with Crippen molar-refractivity contribution in [1.29, 1.82) is 0 Å². The predicted molar refractivity (Wildman–Crippen MR) is 155 cm³/mol. The Kier molecular flexibility index (Phi) is 12.6. The number of hydrogen-bond acceptors (Lipinski definition) is 9. The van der Waals surface area contributed by atoms with E-state index in [1.165, 1.54) is 6.07 Å². The normalized spacial score (nSPS) is 14.6. The van der Waals surface area contributed by atoms with Crippen LogP contribution in [0.25, 0.3) is 10.9 Å². The monoisotopic (exact) mass is 617 g/mol. The number of carbonyl (C=O) groups is 4. The molecule has 5 N–H and O–H groups in total. The van der Waals surface area contributed by atoms with E-state index in [9.17, 15) is 24.0 Å². The molecule has 2 aromatic carbocycles. The fourth-order valence-corrected chi connectivity index (χ4v) is 4.28.